The first kappa shape index (κ1) is 22.8. The van der Waals surface area contributed by atoms with Crippen molar-refractivity contribution in [2.75, 3.05) is 0 Å². The molecule has 2 rings (SSSR count). The standard InChI is InChI=1S/C25H41NO2/c1-20(28-23-18-16-21(17-19-23)25(2,3)4)24(27)26-22-14-12-10-8-6-5-7-9-11-13-15-22/h16-20,22H,5-15H2,1-4H3,(H,26,27). The minimum absolute atomic E-state index is 0.0111. The van der Waals surface area contributed by atoms with Gasteiger partial charge in [0.25, 0.3) is 5.91 Å². The van der Waals surface area contributed by atoms with Crippen LogP contribution in [0.1, 0.15) is 104 Å². The molecule has 1 atom stereocenters. The average Bonchev–Trinajstić information content (AvgIpc) is 2.63. The fourth-order valence-corrected chi connectivity index (χ4v) is 3.92. The molecule has 158 valence electrons. The maximum Gasteiger partial charge on any atom is 0.260 e. The second-order valence-electron chi connectivity index (χ2n) is 9.50. The van der Waals surface area contributed by atoms with E-state index in [1.807, 2.05) is 19.1 Å². The van der Waals surface area contributed by atoms with Gasteiger partial charge in [0.2, 0.25) is 0 Å². The van der Waals surface area contributed by atoms with Gasteiger partial charge < -0.3 is 10.1 Å². The summed E-state index contributed by atoms with van der Waals surface area (Å²) in [4.78, 5) is 12.7. The minimum atomic E-state index is -0.470. The lowest BCUT2D eigenvalue weighted by atomic mass is 9.87. The fraction of sp³-hybridized carbons (Fsp3) is 0.720. The largest absolute Gasteiger partial charge is 0.481 e. The van der Waals surface area contributed by atoms with Gasteiger partial charge in [0.05, 0.1) is 0 Å². The number of rotatable bonds is 4. The zero-order valence-electron chi connectivity index (χ0n) is 18.6. The van der Waals surface area contributed by atoms with Crippen molar-refractivity contribution in [3.8, 4) is 5.75 Å². The van der Waals surface area contributed by atoms with Crippen LogP contribution in [0.15, 0.2) is 24.3 Å². The van der Waals surface area contributed by atoms with Crippen molar-refractivity contribution < 1.29 is 9.53 Å². The summed E-state index contributed by atoms with van der Waals surface area (Å²) in [6.07, 6.45) is 13.5. The van der Waals surface area contributed by atoms with E-state index in [1.165, 1.54) is 63.4 Å². The molecule has 1 aliphatic rings. The van der Waals surface area contributed by atoms with Crippen LogP contribution in [0.5, 0.6) is 5.75 Å². The highest BCUT2D eigenvalue weighted by Crippen LogP contribution is 2.25. The highest BCUT2D eigenvalue weighted by molar-refractivity contribution is 5.81. The molecule has 1 unspecified atom stereocenters. The van der Waals surface area contributed by atoms with Gasteiger partial charge in [-0.15, -0.1) is 0 Å². The molecule has 0 bridgehead atoms. The Kier molecular flexibility index (Phi) is 9.34. The Morgan fingerprint density at radius 3 is 1.82 bits per heavy atom. The highest BCUT2D eigenvalue weighted by Gasteiger charge is 2.20. The zero-order valence-corrected chi connectivity index (χ0v) is 18.6. The number of carbonyl (C=O) groups excluding carboxylic acids is 1. The van der Waals surface area contributed by atoms with E-state index in [0.717, 1.165) is 18.6 Å². The molecule has 1 aromatic rings. The molecule has 0 saturated heterocycles. The van der Waals surface area contributed by atoms with Crippen LogP contribution in [0, 0.1) is 0 Å². The monoisotopic (exact) mass is 387 g/mol. The van der Waals surface area contributed by atoms with Gasteiger partial charge >= 0.3 is 0 Å². The number of hydrogen-bond donors (Lipinski definition) is 1. The quantitative estimate of drug-likeness (QED) is 0.637. The molecule has 0 radical (unpaired) electrons. The van der Waals surface area contributed by atoms with Crippen LogP contribution in [0.3, 0.4) is 0 Å². The summed E-state index contributed by atoms with van der Waals surface area (Å²) in [6, 6.07) is 8.42. The Balaban J connectivity index is 1.84. The maximum absolute atomic E-state index is 12.7. The lowest BCUT2D eigenvalue weighted by Gasteiger charge is -2.23. The summed E-state index contributed by atoms with van der Waals surface area (Å²) in [5.74, 6) is 0.770. The molecule has 1 aromatic carbocycles. The highest BCUT2D eigenvalue weighted by atomic mass is 16.5. The minimum Gasteiger partial charge on any atom is -0.481 e. The molecule has 1 saturated carbocycles. The number of nitrogens with one attached hydrogen (secondary N) is 1. The number of amides is 1. The summed E-state index contributed by atoms with van der Waals surface area (Å²) in [5, 5.41) is 3.26. The molecule has 0 aliphatic heterocycles. The van der Waals surface area contributed by atoms with Crippen LogP contribution >= 0.6 is 0 Å². The number of ether oxygens (including phenoxy) is 1. The Labute approximate surface area is 172 Å². The lowest BCUT2D eigenvalue weighted by Crippen LogP contribution is -2.42. The molecule has 1 amide bonds. The third-order valence-electron chi connectivity index (χ3n) is 5.85. The van der Waals surface area contributed by atoms with Crippen LogP contribution in [0.25, 0.3) is 0 Å². The van der Waals surface area contributed by atoms with Crippen LogP contribution in [-0.2, 0) is 10.2 Å². The molecular weight excluding hydrogens is 346 g/mol. The van der Waals surface area contributed by atoms with Crippen molar-refractivity contribution >= 4 is 5.91 Å². The van der Waals surface area contributed by atoms with Gasteiger partial charge in [-0.25, -0.2) is 0 Å². The van der Waals surface area contributed by atoms with Gasteiger partial charge in [-0.3, -0.25) is 4.79 Å². The van der Waals surface area contributed by atoms with Crippen LogP contribution < -0.4 is 10.1 Å². The average molecular weight is 388 g/mol. The molecule has 3 heteroatoms. The van der Waals surface area contributed by atoms with Crippen LogP contribution in [-0.4, -0.2) is 18.1 Å². The van der Waals surface area contributed by atoms with Gasteiger partial charge in [0.1, 0.15) is 5.75 Å². The van der Waals surface area contributed by atoms with Gasteiger partial charge in [0.15, 0.2) is 6.10 Å². The first-order valence-electron chi connectivity index (χ1n) is 11.4. The first-order valence-corrected chi connectivity index (χ1v) is 11.4. The normalized spacial score (nSPS) is 19.1. The molecule has 0 heterocycles. The summed E-state index contributed by atoms with van der Waals surface area (Å²) in [5.41, 5.74) is 1.39. The fourth-order valence-electron chi connectivity index (χ4n) is 3.92. The van der Waals surface area contributed by atoms with Gasteiger partial charge in [-0.05, 0) is 42.9 Å². The number of benzene rings is 1. The van der Waals surface area contributed by atoms with Crippen molar-refractivity contribution in [1.82, 2.24) is 5.32 Å². The van der Waals surface area contributed by atoms with Gasteiger partial charge in [-0.1, -0.05) is 90.7 Å². The van der Waals surface area contributed by atoms with Crippen molar-refractivity contribution in [2.45, 2.75) is 116 Å². The van der Waals surface area contributed by atoms with Gasteiger partial charge in [-0.2, -0.15) is 0 Å². The van der Waals surface area contributed by atoms with Crippen molar-refractivity contribution in [1.29, 1.82) is 0 Å². The molecule has 1 aliphatic carbocycles. The molecule has 1 fully saturated rings. The Morgan fingerprint density at radius 1 is 0.893 bits per heavy atom. The molecule has 28 heavy (non-hydrogen) atoms. The summed E-state index contributed by atoms with van der Waals surface area (Å²) < 4.78 is 5.91. The van der Waals surface area contributed by atoms with Crippen molar-refractivity contribution in [3.63, 3.8) is 0 Å². The van der Waals surface area contributed by atoms with E-state index in [4.69, 9.17) is 4.74 Å². The molecule has 1 N–H and O–H groups in total. The van der Waals surface area contributed by atoms with E-state index < -0.39 is 6.10 Å². The molecule has 0 spiro atoms. The van der Waals surface area contributed by atoms with E-state index in [9.17, 15) is 4.79 Å². The Hall–Kier alpha value is -1.51. The second-order valence-corrected chi connectivity index (χ2v) is 9.50. The Morgan fingerprint density at radius 2 is 1.36 bits per heavy atom. The van der Waals surface area contributed by atoms with E-state index in [-0.39, 0.29) is 11.3 Å². The summed E-state index contributed by atoms with van der Waals surface area (Å²) in [6.45, 7) is 8.44. The molecule has 3 nitrogen and oxygen atoms in total. The molecular formula is C25H41NO2. The van der Waals surface area contributed by atoms with Crippen molar-refractivity contribution in [2.24, 2.45) is 0 Å². The number of hydrogen-bond acceptors (Lipinski definition) is 2. The van der Waals surface area contributed by atoms with Crippen LogP contribution in [0.4, 0.5) is 0 Å². The number of carbonyl (C=O) groups is 1. The topological polar surface area (TPSA) is 38.3 Å². The SMILES string of the molecule is CC(Oc1ccc(C(C)(C)C)cc1)C(=O)NC1CCCCCCCCCCC1. The third kappa shape index (κ3) is 8.24. The van der Waals surface area contributed by atoms with Crippen LogP contribution in [0.2, 0.25) is 0 Å². The van der Waals surface area contributed by atoms with E-state index in [0.29, 0.717) is 6.04 Å². The lowest BCUT2D eigenvalue weighted by molar-refractivity contribution is -0.128. The second kappa shape index (κ2) is 11.5. The first-order chi connectivity index (χ1) is 13.4. The summed E-state index contributed by atoms with van der Waals surface area (Å²) in [7, 11) is 0. The smallest absolute Gasteiger partial charge is 0.260 e. The van der Waals surface area contributed by atoms with E-state index in [1.54, 1.807) is 0 Å². The van der Waals surface area contributed by atoms with Crippen molar-refractivity contribution in [3.05, 3.63) is 29.8 Å². The summed E-state index contributed by atoms with van der Waals surface area (Å²) >= 11 is 0. The van der Waals surface area contributed by atoms with Gasteiger partial charge in [0, 0.05) is 6.04 Å². The van der Waals surface area contributed by atoms with E-state index in [2.05, 4.69) is 38.2 Å². The predicted molar refractivity (Wildman–Crippen MR) is 118 cm³/mol. The maximum atomic E-state index is 12.7. The predicted octanol–water partition coefficient (Wildman–Crippen LogP) is 6.54. The van der Waals surface area contributed by atoms with E-state index >= 15 is 0 Å². The third-order valence-corrected chi connectivity index (χ3v) is 5.85. The zero-order chi connectivity index (χ0) is 20.4. The Bertz CT molecular complexity index is 561. The molecule has 0 aromatic heterocycles.